The molecule has 0 aliphatic heterocycles. The number of fused-ring (bicyclic) bond motifs is 1. The molecule has 0 unspecified atom stereocenters. The van der Waals surface area contributed by atoms with Crippen LogP contribution < -0.4 is 0 Å². The van der Waals surface area contributed by atoms with Gasteiger partial charge in [0.2, 0.25) is 0 Å². The van der Waals surface area contributed by atoms with Gasteiger partial charge in [-0.15, -0.1) is 0 Å². The lowest BCUT2D eigenvalue weighted by atomic mass is 10.0. The number of aryl methyl sites for hydroxylation is 2. The number of pyridine rings is 1. The van der Waals surface area contributed by atoms with E-state index in [1.807, 2.05) is 44.2 Å². The number of aromatic nitrogens is 4. The van der Waals surface area contributed by atoms with Crippen LogP contribution in [0.2, 0.25) is 0 Å². The largest absolute Gasteiger partial charge is 0.335 e. The average Bonchev–Trinajstić information content (AvgIpc) is 3.31. The van der Waals surface area contributed by atoms with Gasteiger partial charge in [0.25, 0.3) is 11.6 Å². The third-order valence-corrected chi connectivity index (χ3v) is 4.61. The number of carbonyl (C=O) groups is 1. The molecule has 3 aromatic heterocycles. The smallest absolute Gasteiger partial charge is 0.259 e. The summed E-state index contributed by atoms with van der Waals surface area (Å²) in [6, 6.07) is 11.4. The molecule has 0 fully saturated rings. The maximum Gasteiger partial charge on any atom is 0.259 e. The van der Waals surface area contributed by atoms with E-state index in [-0.39, 0.29) is 5.91 Å². The summed E-state index contributed by atoms with van der Waals surface area (Å²) >= 11 is 0. The molecule has 1 aromatic carbocycles. The van der Waals surface area contributed by atoms with E-state index >= 15 is 0 Å². The number of benzene rings is 1. The van der Waals surface area contributed by atoms with Gasteiger partial charge >= 0.3 is 0 Å². The van der Waals surface area contributed by atoms with E-state index in [0.717, 1.165) is 5.56 Å². The molecule has 0 saturated heterocycles. The standard InChI is InChI=1S/C20H19N5O3/c1-4-25(11-16-13(3)22-28-23-16)20(26)15-10-12(2)21-19-17(15)18(24-27-19)14-8-6-5-7-9-14/h5-10H,4,11H2,1-3H3. The Morgan fingerprint density at radius 1 is 1.11 bits per heavy atom. The van der Waals surface area contributed by atoms with Crippen LogP contribution in [0.15, 0.2) is 45.6 Å². The third kappa shape index (κ3) is 3.13. The highest BCUT2D eigenvalue weighted by molar-refractivity contribution is 6.09. The first-order valence-corrected chi connectivity index (χ1v) is 8.98. The Labute approximate surface area is 161 Å². The zero-order valence-electron chi connectivity index (χ0n) is 15.8. The highest BCUT2D eigenvalue weighted by Crippen LogP contribution is 2.31. The Morgan fingerprint density at radius 3 is 2.57 bits per heavy atom. The molecule has 0 aliphatic carbocycles. The Hall–Kier alpha value is -3.55. The van der Waals surface area contributed by atoms with E-state index < -0.39 is 0 Å². The van der Waals surface area contributed by atoms with Gasteiger partial charge in [-0.1, -0.05) is 45.8 Å². The lowest BCUT2D eigenvalue weighted by Crippen LogP contribution is -2.31. The van der Waals surface area contributed by atoms with Crippen molar-refractivity contribution < 1.29 is 13.9 Å². The molecule has 0 bridgehead atoms. The number of hydrogen-bond acceptors (Lipinski definition) is 7. The van der Waals surface area contributed by atoms with Crippen LogP contribution in [0.3, 0.4) is 0 Å². The average molecular weight is 377 g/mol. The van der Waals surface area contributed by atoms with Crippen LogP contribution in [0.1, 0.15) is 34.4 Å². The number of nitrogens with zero attached hydrogens (tertiary/aromatic N) is 5. The molecule has 8 nitrogen and oxygen atoms in total. The van der Waals surface area contributed by atoms with Crippen molar-refractivity contribution in [2.24, 2.45) is 0 Å². The fraction of sp³-hybridized carbons (Fsp3) is 0.250. The van der Waals surface area contributed by atoms with Crippen LogP contribution in [0.5, 0.6) is 0 Å². The van der Waals surface area contributed by atoms with Crippen molar-refractivity contribution in [3.05, 3.63) is 59.0 Å². The second kappa shape index (κ2) is 7.22. The summed E-state index contributed by atoms with van der Waals surface area (Å²) < 4.78 is 10.2. The van der Waals surface area contributed by atoms with E-state index in [1.165, 1.54) is 0 Å². The topological polar surface area (TPSA) is 98.2 Å². The van der Waals surface area contributed by atoms with Crippen molar-refractivity contribution in [2.45, 2.75) is 27.3 Å². The van der Waals surface area contributed by atoms with Crippen LogP contribution in [0, 0.1) is 13.8 Å². The molecule has 0 aliphatic rings. The third-order valence-electron chi connectivity index (χ3n) is 4.61. The first-order valence-electron chi connectivity index (χ1n) is 8.98. The monoisotopic (exact) mass is 377 g/mol. The molecular formula is C20H19N5O3. The minimum atomic E-state index is -0.152. The van der Waals surface area contributed by atoms with E-state index in [1.54, 1.807) is 17.9 Å². The molecule has 4 aromatic rings. The van der Waals surface area contributed by atoms with Crippen LogP contribution in [-0.4, -0.2) is 37.8 Å². The quantitative estimate of drug-likeness (QED) is 0.524. The normalized spacial score (nSPS) is 11.1. The van der Waals surface area contributed by atoms with Crippen molar-refractivity contribution in [1.29, 1.82) is 0 Å². The first-order chi connectivity index (χ1) is 13.6. The Balaban J connectivity index is 1.81. The molecule has 4 rings (SSSR count). The van der Waals surface area contributed by atoms with Gasteiger partial charge in [0, 0.05) is 17.8 Å². The van der Waals surface area contributed by atoms with Crippen molar-refractivity contribution in [3.8, 4) is 11.3 Å². The molecular weight excluding hydrogens is 358 g/mol. The van der Waals surface area contributed by atoms with Crippen LogP contribution in [-0.2, 0) is 6.54 Å². The van der Waals surface area contributed by atoms with Crippen molar-refractivity contribution in [1.82, 2.24) is 25.4 Å². The molecule has 0 radical (unpaired) electrons. The summed E-state index contributed by atoms with van der Waals surface area (Å²) in [5.74, 6) is -0.152. The van der Waals surface area contributed by atoms with Gasteiger partial charge in [-0.05, 0) is 26.8 Å². The fourth-order valence-corrected chi connectivity index (χ4v) is 3.11. The van der Waals surface area contributed by atoms with Gasteiger partial charge in [-0.2, -0.15) is 0 Å². The minimum Gasteiger partial charge on any atom is -0.335 e. The zero-order chi connectivity index (χ0) is 19.7. The van der Waals surface area contributed by atoms with Crippen LogP contribution in [0.4, 0.5) is 0 Å². The number of carbonyl (C=O) groups excluding carboxylic acids is 1. The second-order valence-electron chi connectivity index (χ2n) is 6.50. The molecule has 142 valence electrons. The molecule has 0 saturated carbocycles. The van der Waals surface area contributed by atoms with Crippen LogP contribution >= 0.6 is 0 Å². The SMILES string of the molecule is CCN(Cc1nonc1C)C(=O)c1cc(C)nc2onc(-c3ccccc3)c12. The molecule has 0 N–H and O–H groups in total. The maximum absolute atomic E-state index is 13.4. The van der Waals surface area contributed by atoms with E-state index in [0.29, 0.717) is 52.5 Å². The molecule has 28 heavy (non-hydrogen) atoms. The van der Waals surface area contributed by atoms with Gasteiger partial charge in [0.05, 0.1) is 17.5 Å². The molecule has 8 heteroatoms. The van der Waals surface area contributed by atoms with E-state index in [9.17, 15) is 4.79 Å². The summed E-state index contributed by atoms with van der Waals surface area (Å²) in [6.07, 6.45) is 0. The highest BCUT2D eigenvalue weighted by Gasteiger charge is 2.25. The van der Waals surface area contributed by atoms with Crippen molar-refractivity contribution in [2.75, 3.05) is 6.54 Å². The van der Waals surface area contributed by atoms with Crippen molar-refractivity contribution in [3.63, 3.8) is 0 Å². The Morgan fingerprint density at radius 2 is 1.89 bits per heavy atom. The van der Waals surface area contributed by atoms with Gasteiger partial charge in [-0.25, -0.2) is 9.61 Å². The first kappa shape index (κ1) is 17.8. The molecule has 0 spiro atoms. The van der Waals surface area contributed by atoms with E-state index in [4.69, 9.17) is 9.15 Å². The summed E-state index contributed by atoms with van der Waals surface area (Å²) in [7, 11) is 0. The summed E-state index contributed by atoms with van der Waals surface area (Å²) in [5, 5.41) is 12.5. The van der Waals surface area contributed by atoms with E-state index in [2.05, 4.69) is 20.5 Å². The number of hydrogen-bond donors (Lipinski definition) is 0. The van der Waals surface area contributed by atoms with Gasteiger partial charge in [0.15, 0.2) is 0 Å². The Bertz CT molecular complexity index is 1130. The summed E-state index contributed by atoms with van der Waals surface area (Å²) in [6.45, 7) is 6.34. The predicted octanol–water partition coefficient (Wildman–Crippen LogP) is 3.55. The maximum atomic E-state index is 13.4. The predicted molar refractivity (Wildman–Crippen MR) is 101 cm³/mol. The van der Waals surface area contributed by atoms with Crippen molar-refractivity contribution >= 4 is 17.0 Å². The highest BCUT2D eigenvalue weighted by atomic mass is 16.6. The fourth-order valence-electron chi connectivity index (χ4n) is 3.11. The lowest BCUT2D eigenvalue weighted by molar-refractivity contribution is 0.0750. The lowest BCUT2D eigenvalue weighted by Gasteiger charge is -2.20. The summed E-state index contributed by atoms with van der Waals surface area (Å²) in [5.41, 5.74) is 4.28. The number of amides is 1. The van der Waals surface area contributed by atoms with Gasteiger partial charge < -0.3 is 9.42 Å². The number of rotatable bonds is 5. The minimum absolute atomic E-state index is 0.152. The van der Waals surface area contributed by atoms with Gasteiger partial charge in [0.1, 0.15) is 17.1 Å². The zero-order valence-corrected chi connectivity index (χ0v) is 15.8. The molecule has 0 atom stereocenters. The molecule has 1 amide bonds. The second-order valence-corrected chi connectivity index (χ2v) is 6.50. The summed E-state index contributed by atoms with van der Waals surface area (Å²) in [4.78, 5) is 19.5. The Kier molecular flexibility index (Phi) is 4.60. The van der Waals surface area contributed by atoms with Gasteiger partial charge in [-0.3, -0.25) is 4.79 Å². The van der Waals surface area contributed by atoms with Crippen LogP contribution in [0.25, 0.3) is 22.4 Å². The molecule has 3 heterocycles.